The summed E-state index contributed by atoms with van der Waals surface area (Å²) in [5.74, 6) is -1.30. The van der Waals surface area contributed by atoms with E-state index in [4.69, 9.17) is 0 Å². The number of nitrogens with zero attached hydrogens (tertiary/aromatic N) is 1. The van der Waals surface area contributed by atoms with E-state index in [-0.39, 0.29) is 23.8 Å². The molecule has 2 aromatic rings. The molecular weight excluding hydrogens is 320 g/mol. The van der Waals surface area contributed by atoms with Crippen LogP contribution in [0.2, 0.25) is 0 Å². The standard InChI is InChI=1S/C17H15F2NO2S/c18-12-6-7-13(14(19)8-12)17-20(16(22)10-23-17)9-15(21)11-4-2-1-3-5-11/h1-8,15,17,21H,9-10H2/t15-,17-/m1/s1. The molecule has 0 aliphatic carbocycles. The molecule has 0 spiro atoms. The minimum absolute atomic E-state index is 0.0668. The molecule has 2 aromatic carbocycles. The number of halogens is 2. The fraction of sp³-hybridized carbons (Fsp3) is 0.235. The minimum Gasteiger partial charge on any atom is -0.387 e. The van der Waals surface area contributed by atoms with Crippen LogP contribution >= 0.6 is 11.8 Å². The number of carbonyl (C=O) groups excluding carboxylic acids is 1. The number of β-amino-alcohol motifs (C(OH)–C–C–N with tert-alkyl or cyclic N) is 1. The van der Waals surface area contributed by atoms with Gasteiger partial charge in [-0.2, -0.15) is 0 Å². The Hall–Kier alpha value is -1.92. The third-order valence-electron chi connectivity index (χ3n) is 3.75. The molecule has 1 saturated heterocycles. The van der Waals surface area contributed by atoms with Crippen molar-refractivity contribution in [3.63, 3.8) is 0 Å². The Morgan fingerprint density at radius 3 is 2.65 bits per heavy atom. The van der Waals surface area contributed by atoms with Gasteiger partial charge in [-0.3, -0.25) is 4.79 Å². The first-order valence-corrected chi connectivity index (χ1v) is 8.20. The Morgan fingerprint density at radius 1 is 1.22 bits per heavy atom. The van der Waals surface area contributed by atoms with Gasteiger partial charge in [0.2, 0.25) is 5.91 Å². The monoisotopic (exact) mass is 335 g/mol. The van der Waals surface area contributed by atoms with Crippen LogP contribution in [0.3, 0.4) is 0 Å². The van der Waals surface area contributed by atoms with Gasteiger partial charge in [0.05, 0.1) is 18.4 Å². The van der Waals surface area contributed by atoms with Crippen molar-refractivity contribution >= 4 is 17.7 Å². The fourth-order valence-corrected chi connectivity index (χ4v) is 3.80. The molecular formula is C17H15F2NO2S. The van der Waals surface area contributed by atoms with E-state index in [0.717, 1.165) is 6.07 Å². The maximum absolute atomic E-state index is 14.0. The van der Waals surface area contributed by atoms with Crippen molar-refractivity contribution in [3.8, 4) is 0 Å². The van der Waals surface area contributed by atoms with Crippen LogP contribution in [0.4, 0.5) is 8.78 Å². The Kier molecular flexibility index (Phi) is 4.63. The molecule has 6 heteroatoms. The zero-order valence-corrected chi connectivity index (χ0v) is 13.0. The highest BCUT2D eigenvalue weighted by Gasteiger charge is 2.35. The average molecular weight is 335 g/mol. The van der Waals surface area contributed by atoms with E-state index in [9.17, 15) is 18.7 Å². The molecule has 3 nitrogen and oxygen atoms in total. The lowest BCUT2D eigenvalue weighted by Gasteiger charge is -2.27. The number of benzene rings is 2. The van der Waals surface area contributed by atoms with Crippen molar-refractivity contribution in [3.05, 3.63) is 71.3 Å². The summed E-state index contributed by atoms with van der Waals surface area (Å²) >= 11 is 1.27. The molecule has 1 N–H and O–H groups in total. The van der Waals surface area contributed by atoms with Crippen LogP contribution in [0.1, 0.15) is 22.6 Å². The van der Waals surface area contributed by atoms with Gasteiger partial charge in [-0.05, 0) is 11.6 Å². The first-order chi connectivity index (χ1) is 11.1. The van der Waals surface area contributed by atoms with Crippen molar-refractivity contribution < 1.29 is 18.7 Å². The molecule has 23 heavy (non-hydrogen) atoms. The molecule has 2 atom stereocenters. The van der Waals surface area contributed by atoms with E-state index in [1.165, 1.54) is 28.8 Å². The Balaban J connectivity index is 1.83. The SMILES string of the molecule is O=C1CS[C@H](c2ccc(F)cc2F)N1C[C@@H](O)c1ccccc1. The number of aliphatic hydroxyl groups excluding tert-OH is 1. The normalized spacial score (nSPS) is 19.2. The van der Waals surface area contributed by atoms with Crippen LogP contribution in [0.15, 0.2) is 48.5 Å². The van der Waals surface area contributed by atoms with Crippen LogP contribution < -0.4 is 0 Å². The third kappa shape index (κ3) is 3.38. The molecule has 0 bridgehead atoms. The molecule has 0 aromatic heterocycles. The van der Waals surface area contributed by atoms with Gasteiger partial charge in [0.15, 0.2) is 0 Å². The molecule has 1 fully saturated rings. The molecule has 1 amide bonds. The summed E-state index contributed by atoms with van der Waals surface area (Å²) in [7, 11) is 0. The number of hydrogen-bond acceptors (Lipinski definition) is 3. The van der Waals surface area contributed by atoms with Crippen molar-refractivity contribution in [2.24, 2.45) is 0 Å². The number of aliphatic hydroxyl groups is 1. The van der Waals surface area contributed by atoms with Crippen molar-refractivity contribution in [1.29, 1.82) is 0 Å². The predicted molar refractivity (Wildman–Crippen MR) is 84.7 cm³/mol. The van der Waals surface area contributed by atoms with Crippen LogP contribution in [-0.4, -0.2) is 28.2 Å². The molecule has 1 heterocycles. The Morgan fingerprint density at radius 2 is 1.96 bits per heavy atom. The summed E-state index contributed by atoms with van der Waals surface area (Å²) in [5, 5.41) is 9.77. The number of carbonyl (C=O) groups is 1. The van der Waals surface area contributed by atoms with Gasteiger partial charge in [-0.1, -0.05) is 36.4 Å². The van der Waals surface area contributed by atoms with E-state index < -0.39 is 23.1 Å². The van der Waals surface area contributed by atoms with E-state index >= 15 is 0 Å². The van der Waals surface area contributed by atoms with E-state index in [2.05, 4.69) is 0 Å². The highest BCUT2D eigenvalue weighted by molar-refractivity contribution is 8.00. The van der Waals surface area contributed by atoms with Crippen LogP contribution in [0, 0.1) is 11.6 Å². The van der Waals surface area contributed by atoms with Crippen molar-refractivity contribution in [1.82, 2.24) is 4.90 Å². The predicted octanol–water partition coefficient (Wildman–Crippen LogP) is 3.27. The summed E-state index contributed by atoms with van der Waals surface area (Å²) in [4.78, 5) is 13.5. The smallest absolute Gasteiger partial charge is 0.233 e. The van der Waals surface area contributed by atoms with Gasteiger partial charge in [0, 0.05) is 11.6 Å². The van der Waals surface area contributed by atoms with Gasteiger partial charge in [0.25, 0.3) is 0 Å². The van der Waals surface area contributed by atoms with Gasteiger partial charge in [0.1, 0.15) is 17.0 Å². The largest absolute Gasteiger partial charge is 0.387 e. The number of thioether (sulfide) groups is 1. The molecule has 1 aliphatic rings. The Bertz CT molecular complexity index is 711. The lowest BCUT2D eigenvalue weighted by molar-refractivity contribution is -0.129. The molecule has 0 unspecified atom stereocenters. The topological polar surface area (TPSA) is 40.5 Å². The summed E-state index contributed by atoms with van der Waals surface area (Å²) in [6, 6.07) is 12.3. The number of amides is 1. The van der Waals surface area contributed by atoms with Gasteiger partial charge >= 0.3 is 0 Å². The third-order valence-corrected chi connectivity index (χ3v) is 4.99. The number of rotatable bonds is 4. The quantitative estimate of drug-likeness (QED) is 0.932. The first-order valence-electron chi connectivity index (χ1n) is 7.15. The number of hydrogen-bond donors (Lipinski definition) is 1. The molecule has 3 rings (SSSR count). The second-order valence-electron chi connectivity index (χ2n) is 5.30. The van der Waals surface area contributed by atoms with Gasteiger partial charge < -0.3 is 10.0 Å². The molecule has 0 radical (unpaired) electrons. The van der Waals surface area contributed by atoms with Crippen LogP contribution in [-0.2, 0) is 4.79 Å². The van der Waals surface area contributed by atoms with E-state index in [1.54, 1.807) is 24.3 Å². The van der Waals surface area contributed by atoms with Crippen LogP contribution in [0.25, 0.3) is 0 Å². The maximum Gasteiger partial charge on any atom is 0.233 e. The summed E-state index contributed by atoms with van der Waals surface area (Å²) in [5.41, 5.74) is 0.943. The second-order valence-corrected chi connectivity index (χ2v) is 6.37. The zero-order valence-electron chi connectivity index (χ0n) is 12.2. The van der Waals surface area contributed by atoms with Gasteiger partial charge in [-0.25, -0.2) is 8.78 Å². The average Bonchev–Trinajstić information content (AvgIpc) is 2.89. The fourth-order valence-electron chi connectivity index (χ4n) is 2.58. The van der Waals surface area contributed by atoms with E-state index in [1.807, 2.05) is 6.07 Å². The maximum atomic E-state index is 14.0. The van der Waals surface area contributed by atoms with Crippen molar-refractivity contribution in [2.45, 2.75) is 11.5 Å². The molecule has 1 aliphatic heterocycles. The molecule has 0 saturated carbocycles. The zero-order chi connectivity index (χ0) is 16.4. The van der Waals surface area contributed by atoms with Crippen molar-refractivity contribution in [2.75, 3.05) is 12.3 Å². The first kappa shape index (κ1) is 16.0. The van der Waals surface area contributed by atoms with Gasteiger partial charge in [-0.15, -0.1) is 11.8 Å². The summed E-state index contributed by atoms with van der Waals surface area (Å²) in [6.45, 7) is 0.0668. The minimum atomic E-state index is -0.857. The molecule has 120 valence electrons. The Labute approximate surface area is 136 Å². The lowest BCUT2D eigenvalue weighted by Crippen LogP contribution is -2.32. The lowest BCUT2D eigenvalue weighted by atomic mass is 10.1. The van der Waals surface area contributed by atoms with E-state index in [0.29, 0.717) is 5.56 Å². The highest BCUT2D eigenvalue weighted by atomic mass is 32.2. The highest BCUT2D eigenvalue weighted by Crippen LogP contribution is 2.40. The second kappa shape index (κ2) is 6.68. The van der Waals surface area contributed by atoms with Crippen LogP contribution in [0.5, 0.6) is 0 Å². The summed E-state index contributed by atoms with van der Waals surface area (Å²) < 4.78 is 27.1. The summed E-state index contributed by atoms with van der Waals surface area (Å²) in [6.07, 6.45) is -0.857.